The van der Waals surface area contributed by atoms with Crippen LogP contribution in [-0.2, 0) is 11.2 Å². The van der Waals surface area contributed by atoms with E-state index in [-0.39, 0.29) is 29.4 Å². The highest BCUT2D eigenvalue weighted by atomic mass is 19.1. The number of carbonyl (C=O) groups excluding carboxylic acids is 1. The van der Waals surface area contributed by atoms with Gasteiger partial charge in [0.25, 0.3) is 0 Å². The Morgan fingerprint density at radius 3 is 2.74 bits per heavy atom. The van der Waals surface area contributed by atoms with E-state index in [0.29, 0.717) is 43.1 Å². The first kappa shape index (κ1) is 21.2. The summed E-state index contributed by atoms with van der Waals surface area (Å²) >= 11 is 0. The van der Waals surface area contributed by atoms with Gasteiger partial charge in [-0.15, -0.1) is 0 Å². The minimum atomic E-state index is -0.451. The number of rotatable bonds is 7. The van der Waals surface area contributed by atoms with Gasteiger partial charge in [0.1, 0.15) is 17.5 Å². The third-order valence-corrected chi connectivity index (χ3v) is 6.12. The fourth-order valence-corrected chi connectivity index (χ4v) is 4.23. The number of anilines is 1. The number of nitrogens with zero attached hydrogens (tertiary/aromatic N) is 2. The maximum atomic E-state index is 13.5. The molecule has 4 rings (SSSR count). The Balaban J connectivity index is 1.52. The maximum absolute atomic E-state index is 13.5. The normalized spacial score (nSPS) is 24.5. The van der Waals surface area contributed by atoms with Crippen LogP contribution in [0.5, 0.6) is 5.75 Å². The molecule has 162 valence electrons. The number of benzene rings is 1. The molecular formula is C24H25F2N3O2. The van der Waals surface area contributed by atoms with Crippen LogP contribution in [0.3, 0.4) is 0 Å². The molecule has 7 heteroatoms. The van der Waals surface area contributed by atoms with Crippen molar-refractivity contribution in [3.05, 3.63) is 71.9 Å². The van der Waals surface area contributed by atoms with Gasteiger partial charge in [0, 0.05) is 17.0 Å². The summed E-state index contributed by atoms with van der Waals surface area (Å²) < 4.78 is 32.8. The Labute approximate surface area is 180 Å². The van der Waals surface area contributed by atoms with Crippen LogP contribution < -0.4 is 10.1 Å². The van der Waals surface area contributed by atoms with Gasteiger partial charge >= 0.3 is 0 Å². The first-order valence-electron chi connectivity index (χ1n) is 10.5. The average Bonchev–Trinajstić information content (AvgIpc) is 3.51. The fraction of sp³-hybridized carbons (Fsp3) is 0.375. The van der Waals surface area contributed by atoms with E-state index in [2.05, 4.69) is 15.3 Å². The number of hydrogen-bond donors (Lipinski definition) is 1. The number of aryl methyl sites for hydroxylation is 2. The van der Waals surface area contributed by atoms with Gasteiger partial charge in [-0.3, -0.25) is 4.79 Å². The summed E-state index contributed by atoms with van der Waals surface area (Å²) in [5.74, 6) is 0.206. The zero-order valence-corrected chi connectivity index (χ0v) is 17.6. The second kappa shape index (κ2) is 8.57. The van der Waals surface area contributed by atoms with E-state index in [1.54, 1.807) is 12.3 Å². The second-order valence-corrected chi connectivity index (χ2v) is 8.15. The summed E-state index contributed by atoms with van der Waals surface area (Å²) in [5, 5.41) is 2.86. The Morgan fingerprint density at radius 1 is 1.29 bits per heavy atom. The Hall–Kier alpha value is -3.09. The summed E-state index contributed by atoms with van der Waals surface area (Å²) in [6, 6.07) is 5.67. The average molecular weight is 425 g/mol. The van der Waals surface area contributed by atoms with Gasteiger partial charge < -0.3 is 10.1 Å². The molecule has 1 fully saturated rings. The van der Waals surface area contributed by atoms with Gasteiger partial charge in [-0.25, -0.2) is 18.7 Å². The number of hydrogen-bond acceptors (Lipinski definition) is 4. The van der Waals surface area contributed by atoms with Crippen molar-refractivity contribution in [1.29, 1.82) is 0 Å². The van der Waals surface area contributed by atoms with Gasteiger partial charge in [-0.05, 0) is 68.5 Å². The van der Waals surface area contributed by atoms with Crippen molar-refractivity contribution >= 4 is 11.6 Å². The van der Waals surface area contributed by atoms with Gasteiger partial charge in [0.2, 0.25) is 5.91 Å². The lowest BCUT2D eigenvalue weighted by Crippen LogP contribution is -2.29. The highest BCUT2D eigenvalue weighted by molar-refractivity contribution is 5.95. The lowest BCUT2D eigenvalue weighted by molar-refractivity contribution is -0.118. The lowest BCUT2D eigenvalue weighted by atomic mass is 9.82. The van der Waals surface area contributed by atoms with E-state index in [9.17, 15) is 13.6 Å². The van der Waals surface area contributed by atoms with Crippen molar-refractivity contribution in [2.45, 2.75) is 33.1 Å². The predicted octanol–water partition coefficient (Wildman–Crippen LogP) is 4.94. The number of aromatic nitrogens is 2. The van der Waals surface area contributed by atoms with Crippen LogP contribution in [-0.4, -0.2) is 22.5 Å². The summed E-state index contributed by atoms with van der Waals surface area (Å²) in [5.41, 5.74) is 0.910. The zero-order valence-electron chi connectivity index (χ0n) is 17.6. The highest BCUT2D eigenvalue weighted by Crippen LogP contribution is 2.60. The molecule has 31 heavy (non-hydrogen) atoms. The predicted molar refractivity (Wildman–Crippen MR) is 114 cm³/mol. The van der Waals surface area contributed by atoms with E-state index in [1.165, 1.54) is 30.3 Å². The molecule has 1 N–H and O–H groups in total. The first-order valence-corrected chi connectivity index (χ1v) is 10.5. The topological polar surface area (TPSA) is 64.1 Å². The molecule has 1 heterocycles. The van der Waals surface area contributed by atoms with Crippen LogP contribution in [0.15, 0.2) is 54.5 Å². The minimum absolute atomic E-state index is 0.0209. The third kappa shape index (κ3) is 4.50. The molecular weight excluding hydrogens is 400 g/mol. The molecule has 5 nitrogen and oxygen atoms in total. The molecule has 1 amide bonds. The van der Waals surface area contributed by atoms with Crippen LogP contribution >= 0.6 is 0 Å². The highest BCUT2D eigenvalue weighted by Gasteiger charge is 2.62. The number of carbonyl (C=O) groups is 1. The molecule has 2 aliphatic carbocycles. The number of nitrogens with one attached hydrogen (secondary N) is 1. The molecule has 1 saturated carbocycles. The summed E-state index contributed by atoms with van der Waals surface area (Å²) in [6.45, 7) is 4.13. The SMILES string of the molecule is CCc1nc(C)ncc1OC[C@@]1(C2C=CC(F)=CC2)C[C@H]1C(=O)Nc1ccc(F)cc1. The van der Waals surface area contributed by atoms with Crippen LogP contribution in [0, 0.1) is 30.0 Å². The van der Waals surface area contributed by atoms with E-state index >= 15 is 0 Å². The van der Waals surface area contributed by atoms with E-state index < -0.39 is 5.41 Å². The summed E-state index contributed by atoms with van der Waals surface area (Å²) in [4.78, 5) is 21.6. The van der Waals surface area contributed by atoms with Crippen molar-refractivity contribution in [1.82, 2.24) is 9.97 Å². The number of ether oxygens (including phenoxy) is 1. The van der Waals surface area contributed by atoms with Crippen molar-refractivity contribution in [2.24, 2.45) is 17.3 Å². The number of halogens is 2. The number of amides is 1. The zero-order chi connectivity index (χ0) is 22.0. The summed E-state index contributed by atoms with van der Waals surface area (Å²) in [7, 11) is 0. The maximum Gasteiger partial charge on any atom is 0.228 e. The molecule has 0 aliphatic heterocycles. The van der Waals surface area contributed by atoms with Gasteiger partial charge in [-0.1, -0.05) is 13.0 Å². The standard InChI is InChI=1S/C24H25F2N3O2/c1-3-21-22(13-27-15(2)28-21)31-14-24(16-4-6-17(25)7-5-16)12-20(24)23(30)29-19-10-8-18(26)9-11-19/h4,6-11,13,16,20H,3,5,12,14H2,1-2H3,(H,29,30)/t16?,20-,24+/m0/s1. The van der Waals surface area contributed by atoms with Crippen LogP contribution in [0.1, 0.15) is 31.3 Å². The molecule has 3 atom stereocenters. The van der Waals surface area contributed by atoms with Crippen molar-refractivity contribution in [3.63, 3.8) is 0 Å². The van der Waals surface area contributed by atoms with Gasteiger partial charge in [-0.2, -0.15) is 0 Å². The molecule has 0 saturated heterocycles. The van der Waals surface area contributed by atoms with Crippen LogP contribution in [0.2, 0.25) is 0 Å². The molecule has 0 bridgehead atoms. The molecule has 1 aromatic heterocycles. The molecule has 0 spiro atoms. The largest absolute Gasteiger partial charge is 0.489 e. The second-order valence-electron chi connectivity index (χ2n) is 8.15. The first-order chi connectivity index (χ1) is 14.9. The van der Waals surface area contributed by atoms with Crippen LogP contribution in [0.25, 0.3) is 0 Å². The Bertz CT molecular complexity index is 1040. The van der Waals surface area contributed by atoms with Gasteiger partial charge in [0.15, 0.2) is 5.75 Å². The molecule has 1 aromatic carbocycles. The smallest absolute Gasteiger partial charge is 0.228 e. The molecule has 2 aromatic rings. The van der Waals surface area contributed by atoms with Crippen molar-refractivity contribution in [3.8, 4) is 5.75 Å². The van der Waals surface area contributed by atoms with Gasteiger partial charge in [0.05, 0.1) is 18.5 Å². The Morgan fingerprint density at radius 2 is 2.06 bits per heavy atom. The monoisotopic (exact) mass is 425 g/mol. The molecule has 2 aliphatic rings. The van der Waals surface area contributed by atoms with Crippen molar-refractivity contribution in [2.75, 3.05) is 11.9 Å². The van der Waals surface area contributed by atoms with E-state index in [0.717, 1.165) is 5.69 Å². The summed E-state index contributed by atoms with van der Waals surface area (Å²) in [6.07, 6.45) is 8.34. The third-order valence-electron chi connectivity index (χ3n) is 6.12. The van der Waals surface area contributed by atoms with E-state index in [4.69, 9.17) is 4.74 Å². The lowest BCUT2D eigenvalue weighted by Gasteiger charge is -2.27. The molecule has 0 radical (unpaired) electrons. The Kier molecular flexibility index (Phi) is 5.85. The van der Waals surface area contributed by atoms with E-state index in [1.807, 2.05) is 19.9 Å². The van der Waals surface area contributed by atoms with Crippen molar-refractivity contribution < 1.29 is 18.3 Å². The quantitative estimate of drug-likeness (QED) is 0.683. The fourth-order valence-electron chi connectivity index (χ4n) is 4.23. The number of allylic oxidation sites excluding steroid dienone is 4. The van der Waals surface area contributed by atoms with Crippen LogP contribution in [0.4, 0.5) is 14.5 Å². The minimum Gasteiger partial charge on any atom is -0.489 e. The molecule has 1 unspecified atom stereocenters.